The molecule has 0 aliphatic carbocycles. The number of hydrogen-bond acceptors (Lipinski definition) is 18. The van der Waals surface area contributed by atoms with Crippen LogP contribution in [0, 0.1) is 0 Å². The maximum atomic E-state index is 11.0. The van der Waals surface area contributed by atoms with Gasteiger partial charge < -0.3 is 53.0 Å². The van der Waals surface area contributed by atoms with Gasteiger partial charge in [0.1, 0.15) is 57.0 Å². The Hall–Kier alpha value is -5.19. The van der Waals surface area contributed by atoms with Gasteiger partial charge in [-0.15, -0.1) is 0 Å². The van der Waals surface area contributed by atoms with Crippen LogP contribution < -0.4 is 0 Å². The number of ether oxygens (including phenoxy) is 6. The van der Waals surface area contributed by atoms with Crippen LogP contribution in [0.5, 0.6) is 0 Å². The van der Waals surface area contributed by atoms with Gasteiger partial charge in [0.2, 0.25) is 0 Å². The van der Waals surface area contributed by atoms with Crippen LogP contribution >= 0.6 is 8.58 Å². The normalized spacial score (nSPS) is 8.97. The Labute approximate surface area is 369 Å². The first kappa shape index (κ1) is 71.3. The van der Waals surface area contributed by atoms with Gasteiger partial charge in [-0.1, -0.05) is 56.2 Å². The molecule has 0 bridgehead atoms. The SMILES string of the molecule is C.C=C(C)C(=O)OCCO.C=C(C)C(=O)OCCO.C=C(C)C(=O)OCCOC(=O)CCC(C)=O.C=C(C)C(=O)OCCOC(=O)CCC(C)=O.CC.CPC(=O)CCC(C)=O. The highest BCUT2D eigenvalue weighted by atomic mass is 31.1. The molecule has 0 aromatic heterocycles. The van der Waals surface area contributed by atoms with Crippen LogP contribution in [0.3, 0.4) is 0 Å². The lowest BCUT2D eigenvalue weighted by molar-refractivity contribution is -0.150. The summed E-state index contributed by atoms with van der Waals surface area (Å²) in [5.74, 6) is -2.91. The van der Waals surface area contributed by atoms with E-state index in [0.717, 1.165) is 0 Å². The molecule has 0 heterocycles. The molecule has 19 heteroatoms. The summed E-state index contributed by atoms with van der Waals surface area (Å²) in [5.41, 5.74) is 1.49. The van der Waals surface area contributed by atoms with E-state index in [0.29, 0.717) is 43.7 Å². The molecule has 0 amide bonds. The molecule has 0 fully saturated rings. The van der Waals surface area contributed by atoms with Gasteiger partial charge in [-0.2, -0.15) is 0 Å². The molecule has 0 spiro atoms. The zero-order valence-corrected chi connectivity index (χ0v) is 38.7. The second-order valence-electron chi connectivity index (χ2n) is 11.8. The molecule has 62 heavy (non-hydrogen) atoms. The molecule has 0 rings (SSSR count). The molecular weight excluding hydrogens is 835 g/mol. The number of hydrogen-bond donors (Lipinski definition) is 2. The summed E-state index contributed by atoms with van der Waals surface area (Å²) < 4.78 is 27.8. The van der Waals surface area contributed by atoms with E-state index in [1.54, 1.807) is 13.8 Å². The van der Waals surface area contributed by atoms with Crippen molar-refractivity contribution < 1.29 is 86.6 Å². The van der Waals surface area contributed by atoms with Crippen LogP contribution in [0.2, 0.25) is 0 Å². The van der Waals surface area contributed by atoms with Crippen molar-refractivity contribution in [3.05, 3.63) is 48.6 Å². The molecule has 1 unspecified atom stereocenters. The zero-order chi connectivity index (χ0) is 48.9. The van der Waals surface area contributed by atoms with E-state index in [4.69, 9.17) is 29.2 Å². The summed E-state index contributed by atoms with van der Waals surface area (Å²) in [6, 6.07) is 0. The smallest absolute Gasteiger partial charge is 0.333 e. The van der Waals surface area contributed by atoms with Crippen LogP contribution in [0.4, 0.5) is 0 Å². The number of esters is 6. The Kier molecular flexibility index (Phi) is 57.7. The molecule has 0 saturated carbocycles. The van der Waals surface area contributed by atoms with Crippen LogP contribution in [0.1, 0.15) is 108 Å². The Morgan fingerprint density at radius 1 is 0.403 bits per heavy atom. The largest absolute Gasteiger partial charge is 0.462 e. The predicted octanol–water partition coefficient (Wildman–Crippen LogP) is 5.09. The lowest BCUT2D eigenvalue weighted by Gasteiger charge is -2.05. The van der Waals surface area contributed by atoms with Gasteiger partial charge in [-0.25, -0.2) is 19.2 Å². The molecule has 0 aliphatic rings. The van der Waals surface area contributed by atoms with Gasteiger partial charge in [0, 0.05) is 48.0 Å². The van der Waals surface area contributed by atoms with E-state index in [1.807, 2.05) is 20.5 Å². The second kappa shape index (κ2) is 50.2. The lowest BCUT2D eigenvalue weighted by Crippen LogP contribution is -2.14. The van der Waals surface area contributed by atoms with Gasteiger partial charge in [-0.3, -0.25) is 14.4 Å². The van der Waals surface area contributed by atoms with Gasteiger partial charge in [0.05, 0.1) is 26.1 Å². The molecular formula is C43H73O18P. The molecule has 0 aromatic rings. The Morgan fingerprint density at radius 2 is 0.629 bits per heavy atom. The van der Waals surface area contributed by atoms with E-state index in [9.17, 15) is 47.9 Å². The molecule has 0 aliphatic heterocycles. The first-order valence-corrected chi connectivity index (χ1v) is 20.4. The molecule has 2 N–H and O–H groups in total. The molecule has 18 nitrogen and oxygen atoms in total. The summed E-state index contributed by atoms with van der Waals surface area (Å²) in [6.07, 6.45) is 1.31. The fourth-order valence-corrected chi connectivity index (χ4v) is 2.84. The second-order valence-corrected chi connectivity index (χ2v) is 12.9. The Bertz CT molecular complexity index is 1320. The number of aliphatic hydroxyl groups excluding tert-OH is 2. The highest BCUT2D eigenvalue weighted by molar-refractivity contribution is 7.57. The van der Waals surface area contributed by atoms with Crippen LogP contribution in [0.25, 0.3) is 0 Å². The first-order chi connectivity index (χ1) is 28.4. The summed E-state index contributed by atoms with van der Waals surface area (Å²) in [4.78, 5) is 107. The Balaban J connectivity index is -0.000000123. The average molecular weight is 909 g/mol. The standard InChI is InChI=1S/2C11H16O5.2C6H10O3.C6H11O2P.C2H6.CH4/c2*1-8(2)11(14)16-7-6-15-10(13)5-4-9(3)12;2*1-5(2)6(8)9-4-3-7;1-5(7)3-4-6(8)9-2;1-2;/h2*1,4-7H2,2-3H3;2*7H,1,3-4H2,2H3;9H,3-4H2,1-2H3;1-2H3;1H4. The molecule has 0 saturated heterocycles. The summed E-state index contributed by atoms with van der Waals surface area (Å²) >= 11 is 0. The summed E-state index contributed by atoms with van der Waals surface area (Å²) in [7, 11) is 0.340. The van der Waals surface area contributed by atoms with Gasteiger partial charge in [0.15, 0.2) is 5.52 Å². The summed E-state index contributed by atoms with van der Waals surface area (Å²) in [5, 5.41) is 16.4. The highest BCUT2D eigenvalue weighted by Gasteiger charge is 2.08. The minimum atomic E-state index is -0.514. The van der Waals surface area contributed by atoms with Crippen molar-refractivity contribution in [2.75, 3.05) is 59.5 Å². The fourth-order valence-electron chi connectivity index (χ4n) is 2.46. The van der Waals surface area contributed by atoms with E-state index in [2.05, 4.69) is 35.8 Å². The van der Waals surface area contributed by atoms with Crippen molar-refractivity contribution in [3.8, 4) is 0 Å². The van der Waals surface area contributed by atoms with Crippen LogP contribution in [-0.2, 0) is 76.4 Å². The molecule has 1 atom stereocenters. The summed E-state index contributed by atoms with van der Waals surface area (Å²) in [6.45, 7) is 29.6. The number of rotatable bonds is 24. The topological polar surface area (TPSA) is 267 Å². The van der Waals surface area contributed by atoms with E-state index < -0.39 is 35.8 Å². The molecule has 0 aromatic carbocycles. The maximum Gasteiger partial charge on any atom is 0.333 e. The third-order valence-electron chi connectivity index (χ3n) is 5.55. The fraction of sp³-hybridized carbons (Fsp3) is 0.581. The van der Waals surface area contributed by atoms with Crippen LogP contribution in [0.15, 0.2) is 48.6 Å². The van der Waals surface area contributed by atoms with Crippen molar-refractivity contribution >= 4 is 67.3 Å². The van der Waals surface area contributed by atoms with Crippen LogP contribution in [-0.4, -0.2) is 128 Å². The number of carbonyl (C=O) groups excluding carboxylic acids is 10. The molecule has 0 radical (unpaired) electrons. The van der Waals surface area contributed by atoms with Gasteiger partial charge >= 0.3 is 35.8 Å². The van der Waals surface area contributed by atoms with Crippen molar-refractivity contribution in [1.29, 1.82) is 0 Å². The zero-order valence-electron chi connectivity index (χ0n) is 37.7. The number of aliphatic hydroxyl groups is 2. The monoisotopic (exact) mass is 908 g/mol. The van der Waals surface area contributed by atoms with Gasteiger partial charge in [0.25, 0.3) is 0 Å². The number of Topliss-reactive ketones (excluding diaryl/α,β-unsaturated/α-hetero) is 3. The number of ketones is 3. The highest BCUT2D eigenvalue weighted by Crippen LogP contribution is 2.09. The third-order valence-corrected chi connectivity index (χ3v) is 6.35. The van der Waals surface area contributed by atoms with E-state index in [1.165, 1.54) is 34.6 Å². The van der Waals surface area contributed by atoms with Gasteiger partial charge in [-0.05, 0) is 55.1 Å². The maximum absolute atomic E-state index is 11.0. The quantitative estimate of drug-likeness (QED) is 0.0420. The van der Waals surface area contributed by atoms with Crippen molar-refractivity contribution in [2.45, 2.75) is 108 Å². The van der Waals surface area contributed by atoms with Crippen molar-refractivity contribution in [2.24, 2.45) is 0 Å². The minimum absolute atomic E-state index is 0. The Morgan fingerprint density at radius 3 is 0.839 bits per heavy atom. The lowest BCUT2D eigenvalue weighted by atomic mass is 10.2. The average Bonchev–Trinajstić information content (AvgIpc) is 3.20. The number of carbonyl (C=O) groups is 10. The predicted molar refractivity (Wildman–Crippen MR) is 236 cm³/mol. The minimum Gasteiger partial charge on any atom is -0.462 e. The van der Waals surface area contributed by atoms with Crippen molar-refractivity contribution in [1.82, 2.24) is 0 Å². The third kappa shape index (κ3) is 64.0. The first-order valence-electron chi connectivity index (χ1n) is 18.9. The molecule has 358 valence electrons. The van der Waals surface area contributed by atoms with E-state index in [-0.39, 0.29) is 109 Å². The van der Waals surface area contributed by atoms with E-state index >= 15 is 0 Å². The van der Waals surface area contributed by atoms with Crippen molar-refractivity contribution in [3.63, 3.8) is 0 Å².